The van der Waals surface area contributed by atoms with Crippen LogP contribution >= 0.6 is 11.3 Å². The van der Waals surface area contributed by atoms with Crippen molar-refractivity contribution in [2.45, 2.75) is 25.9 Å². The van der Waals surface area contributed by atoms with Crippen molar-refractivity contribution in [3.8, 4) is 10.4 Å². The van der Waals surface area contributed by atoms with E-state index >= 15 is 0 Å². The standard InChI is InChI=1S/C23H28N2O3S/c1-4-11-24-22(27)23(16-25(12-13-28-23)21(26)17(2)3)15-18-7-9-19(10-8-18)20-6-5-14-29-20/h4-10,14,17H,1,11-13,15-16H2,2-3H3,(H,24,27). The van der Waals surface area contributed by atoms with Crippen LogP contribution in [0.4, 0.5) is 0 Å². The highest BCUT2D eigenvalue weighted by Crippen LogP contribution is 2.28. The molecule has 1 aliphatic rings. The number of ether oxygens (including phenoxy) is 1. The molecule has 1 aliphatic heterocycles. The van der Waals surface area contributed by atoms with Crippen molar-refractivity contribution >= 4 is 23.2 Å². The zero-order valence-electron chi connectivity index (χ0n) is 17.0. The highest BCUT2D eigenvalue weighted by Gasteiger charge is 2.45. The summed E-state index contributed by atoms with van der Waals surface area (Å²) in [5, 5.41) is 4.92. The first-order chi connectivity index (χ1) is 13.9. The van der Waals surface area contributed by atoms with Gasteiger partial charge >= 0.3 is 0 Å². The number of thiophene rings is 1. The zero-order valence-corrected chi connectivity index (χ0v) is 17.8. The van der Waals surface area contributed by atoms with E-state index in [-0.39, 0.29) is 24.3 Å². The van der Waals surface area contributed by atoms with E-state index in [9.17, 15) is 9.59 Å². The van der Waals surface area contributed by atoms with Gasteiger partial charge in [-0.3, -0.25) is 9.59 Å². The van der Waals surface area contributed by atoms with Crippen LogP contribution in [0.3, 0.4) is 0 Å². The molecule has 0 saturated carbocycles. The second-order valence-electron chi connectivity index (χ2n) is 7.61. The van der Waals surface area contributed by atoms with E-state index < -0.39 is 5.60 Å². The average molecular weight is 413 g/mol. The highest BCUT2D eigenvalue weighted by atomic mass is 32.1. The molecule has 154 valence electrons. The molecule has 0 bridgehead atoms. The van der Waals surface area contributed by atoms with Gasteiger partial charge in [-0.05, 0) is 22.6 Å². The molecule has 1 N–H and O–H groups in total. The van der Waals surface area contributed by atoms with Crippen LogP contribution in [0.15, 0.2) is 54.4 Å². The lowest BCUT2D eigenvalue weighted by Gasteiger charge is -2.42. The van der Waals surface area contributed by atoms with Gasteiger partial charge in [-0.2, -0.15) is 0 Å². The van der Waals surface area contributed by atoms with Gasteiger partial charge < -0.3 is 15.0 Å². The molecule has 2 heterocycles. The van der Waals surface area contributed by atoms with Crippen LogP contribution in [0.5, 0.6) is 0 Å². The molecule has 29 heavy (non-hydrogen) atoms. The smallest absolute Gasteiger partial charge is 0.254 e. The van der Waals surface area contributed by atoms with Gasteiger partial charge in [-0.25, -0.2) is 0 Å². The molecule has 3 rings (SSSR count). The minimum atomic E-state index is -1.10. The van der Waals surface area contributed by atoms with Crippen LogP contribution in [0.1, 0.15) is 19.4 Å². The van der Waals surface area contributed by atoms with Gasteiger partial charge in [0.1, 0.15) is 0 Å². The van der Waals surface area contributed by atoms with Gasteiger partial charge in [0, 0.05) is 30.3 Å². The van der Waals surface area contributed by atoms with E-state index in [1.54, 1.807) is 22.3 Å². The summed E-state index contributed by atoms with van der Waals surface area (Å²) in [5.74, 6) is -0.282. The van der Waals surface area contributed by atoms with Gasteiger partial charge in [-0.1, -0.05) is 50.3 Å². The molecule has 2 amide bonds. The van der Waals surface area contributed by atoms with Gasteiger partial charge in [0.2, 0.25) is 5.91 Å². The number of carbonyl (C=O) groups excluding carboxylic acids is 2. The monoisotopic (exact) mass is 412 g/mol. The van der Waals surface area contributed by atoms with Gasteiger partial charge in [0.25, 0.3) is 5.91 Å². The lowest BCUT2D eigenvalue weighted by Crippen LogP contribution is -2.62. The van der Waals surface area contributed by atoms with Crippen molar-refractivity contribution in [1.82, 2.24) is 10.2 Å². The number of amides is 2. The van der Waals surface area contributed by atoms with Crippen molar-refractivity contribution in [2.24, 2.45) is 5.92 Å². The topological polar surface area (TPSA) is 58.6 Å². The van der Waals surface area contributed by atoms with Crippen LogP contribution < -0.4 is 5.32 Å². The lowest BCUT2D eigenvalue weighted by atomic mass is 9.90. The summed E-state index contributed by atoms with van der Waals surface area (Å²) in [6, 6.07) is 12.3. The number of hydrogen-bond acceptors (Lipinski definition) is 4. The highest BCUT2D eigenvalue weighted by molar-refractivity contribution is 7.13. The van der Waals surface area contributed by atoms with E-state index in [0.717, 1.165) is 11.1 Å². The first-order valence-electron chi connectivity index (χ1n) is 9.90. The molecule has 1 saturated heterocycles. The summed E-state index contributed by atoms with van der Waals surface area (Å²) < 4.78 is 6.05. The van der Waals surface area contributed by atoms with Crippen LogP contribution in [0.2, 0.25) is 0 Å². The molecule has 1 aromatic heterocycles. The van der Waals surface area contributed by atoms with Gasteiger partial charge in [-0.15, -0.1) is 17.9 Å². The van der Waals surface area contributed by atoms with Crippen LogP contribution in [-0.2, 0) is 20.7 Å². The number of nitrogens with zero attached hydrogens (tertiary/aromatic N) is 1. The Morgan fingerprint density at radius 2 is 2.07 bits per heavy atom. The first-order valence-corrected chi connectivity index (χ1v) is 10.8. The predicted molar refractivity (Wildman–Crippen MR) is 117 cm³/mol. The Labute approximate surface area is 176 Å². The van der Waals surface area contributed by atoms with E-state index in [4.69, 9.17) is 4.74 Å². The maximum Gasteiger partial charge on any atom is 0.254 e. The Kier molecular flexibility index (Phi) is 6.87. The van der Waals surface area contributed by atoms with Gasteiger partial charge in [0.05, 0.1) is 13.2 Å². The molecule has 2 aromatic rings. The largest absolute Gasteiger partial charge is 0.361 e. The maximum atomic E-state index is 13.1. The summed E-state index contributed by atoms with van der Waals surface area (Å²) in [5.41, 5.74) is 1.05. The Bertz CT molecular complexity index is 846. The second-order valence-corrected chi connectivity index (χ2v) is 8.55. The summed E-state index contributed by atoms with van der Waals surface area (Å²) in [4.78, 5) is 28.6. The SMILES string of the molecule is C=CCNC(=O)C1(Cc2ccc(-c3cccs3)cc2)CN(C(=O)C(C)C)CCO1. The molecule has 0 spiro atoms. The summed E-state index contributed by atoms with van der Waals surface area (Å²) >= 11 is 1.69. The lowest BCUT2D eigenvalue weighted by molar-refractivity contribution is -0.167. The molecule has 6 heteroatoms. The Hall–Kier alpha value is -2.44. The van der Waals surface area contributed by atoms with E-state index in [2.05, 4.69) is 35.5 Å². The molecule has 0 radical (unpaired) electrons. The van der Waals surface area contributed by atoms with Crippen LogP contribution in [0, 0.1) is 5.92 Å². The fourth-order valence-corrected chi connectivity index (χ4v) is 4.28. The predicted octanol–water partition coefficient (Wildman–Crippen LogP) is 3.51. The minimum absolute atomic E-state index is 0.0437. The summed E-state index contributed by atoms with van der Waals surface area (Å²) in [7, 11) is 0. The van der Waals surface area contributed by atoms with Crippen molar-refractivity contribution in [3.63, 3.8) is 0 Å². The van der Waals surface area contributed by atoms with Crippen molar-refractivity contribution < 1.29 is 14.3 Å². The molecule has 1 aromatic carbocycles. The molecule has 1 atom stereocenters. The second kappa shape index (κ2) is 9.37. The average Bonchev–Trinajstić information content (AvgIpc) is 3.27. The fourth-order valence-electron chi connectivity index (χ4n) is 3.55. The Morgan fingerprint density at radius 3 is 2.69 bits per heavy atom. The number of rotatable bonds is 7. The van der Waals surface area contributed by atoms with Crippen LogP contribution in [0.25, 0.3) is 10.4 Å². The number of benzene rings is 1. The van der Waals surface area contributed by atoms with E-state index in [1.807, 2.05) is 32.0 Å². The van der Waals surface area contributed by atoms with Crippen molar-refractivity contribution in [1.29, 1.82) is 0 Å². The molecule has 1 fully saturated rings. The van der Waals surface area contributed by atoms with Crippen molar-refractivity contribution in [2.75, 3.05) is 26.2 Å². The quantitative estimate of drug-likeness (QED) is 0.708. The third-order valence-electron chi connectivity index (χ3n) is 5.06. The fraction of sp³-hybridized carbons (Fsp3) is 0.391. The third-order valence-corrected chi connectivity index (χ3v) is 5.98. The van der Waals surface area contributed by atoms with Crippen molar-refractivity contribution in [3.05, 3.63) is 60.0 Å². The maximum absolute atomic E-state index is 13.1. The molecule has 5 nitrogen and oxygen atoms in total. The van der Waals surface area contributed by atoms with Gasteiger partial charge in [0.15, 0.2) is 5.60 Å². The van der Waals surface area contributed by atoms with Crippen LogP contribution in [-0.4, -0.2) is 48.6 Å². The van der Waals surface area contributed by atoms with E-state index in [0.29, 0.717) is 26.1 Å². The normalized spacial score (nSPS) is 19.2. The number of nitrogens with one attached hydrogen (secondary N) is 1. The Balaban J connectivity index is 1.84. The Morgan fingerprint density at radius 1 is 1.31 bits per heavy atom. The zero-order chi connectivity index (χ0) is 20.9. The third kappa shape index (κ3) is 4.95. The minimum Gasteiger partial charge on any atom is -0.361 e. The number of hydrogen-bond donors (Lipinski definition) is 1. The summed E-state index contributed by atoms with van der Waals surface area (Å²) in [6.07, 6.45) is 2.05. The van der Waals surface area contributed by atoms with E-state index in [1.165, 1.54) is 4.88 Å². The first kappa shape index (κ1) is 21.3. The molecule has 0 aliphatic carbocycles. The number of morpholine rings is 1. The molecular formula is C23H28N2O3S. The molecular weight excluding hydrogens is 384 g/mol. The summed E-state index contributed by atoms with van der Waals surface area (Å²) in [6.45, 7) is 8.87. The number of carbonyl (C=O) groups is 2. The molecule has 1 unspecified atom stereocenters.